The summed E-state index contributed by atoms with van der Waals surface area (Å²) in [5, 5.41) is 3.23. The third-order valence-electron chi connectivity index (χ3n) is 3.45. The lowest BCUT2D eigenvalue weighted by Crippen LogP contribution is -2.30. The van der Waals surface area contributed by atoms with E-state index in [0.29, 0.717) is 6.54 Å². The minimum absolute atomic E-state index is 0.421. The lowest BCUT2D eigenvalue weighted by atomic mass is 10.1. The maximum Gasteiger partial charge on any atom is 0.146 e. The fourth-order valence-electron chi connectivity index (χ4n) is 2.20. The summed E-state index contributed by atoms with van der Waals surface area (Å²) in [5.41, 5.74) is 1.79. The molecule has 0 aromatic carbocycles. The van der Waals surface area contributed by atoms with Gasteiger partial charge in [-0.25, -0.2) is 0 Å². The van der Waals surface area contributed by atoms with Crippen LogP contribution in [0.15, 0.2) is 54.0 Å². The summed E-state index contributed by atoms with van der Waals surface area (Å²) < 4.78 is 0. The zero-order valence-corrected chi connectivity index (χ0v) is 12.2. The molecule has 1 unspecified atom stereocenters. The van der Waals surface area contributed by atoms with Crippen LogP contribution in [-0.2, 0) is 6.42 Å². The van der Waals surface area contributed by atoms with E-state index in [-0.39, 0.29) is 0 Å². The molecule has 2 heterocycles. The average molecular weight is 284 g/mol. The number of pyridine rings is 2. The van der Waals surface area contributed by atoms with Gasteiger partial charge in [-0.2, -0.15) is 4.91 Å². The molecule has 5 nitrogen and oxygen atoms in total. The molecule has 0 saturated carbocycles. The van der Waals surface area contributed by atoms with Crippen LogP contribution >= 0.6 is 0 Å². The Morgan fingerprint density at radius 2 is 1.90 bits per heavy atom. The Balaban J connectivity index is 1.93. The number of rotatable bonds is 8. The summed E-state index contributed by atoms with van der Waals surface area (Å²) in [4.78, 5) is 21.8. The minimum atomic E-state index is -0.421. The van der Waals surface area contributed by atoms with E-state index >= 15 is 0 Å². The molecule has 2 rings (SSSR count). The van der Waals surface area contributed by atoms with E-state index in [1.807, 2.05) is 36.4 Å². The molecule has 0 bridgehead atoms. The van der Waals surface area contributed by atoms with Gasteiger partial charge in [0.1, 0.15) is 6.04 Å². The normalized spacial score (nSPS) is 12.3. The molecule has 0 aliphatic carbocycles. The van der Waals surface area contributed by atoms with Crippen LogP contribution in [-0.4, -0.2) is 34.5 Å². The van der Waals surface area contributed by atoms with Crippen LogP contribution in [0.25, 0.3) is 0 Å². The predicted octanol–water partition coefficient (Wildman–Crippen LogP) is 2.85. The van der Waals surface area contributed by atoms with E-state index in [2.05, 4.69) is 27.0 Å². The third-order valence-corrected chi connectivity index (χ3v) is 3.45. The largest absolute Gasteiger partial charge is 0.301 e. The molecular weight excluding hydrogens is 264 g/mol. The molecule has 0 spiro atoms. The van der Waals surface area contributed by atoms with Gasteiger partial charge in [0.05, 0.1) is 5.69 Å². The number of aromatic nitrogens is 2. The molecule has 1 atom stereocenters. The number of nitrogens with zero attached hydrogens (tertiary/aromatic N) is 4. The monoisotopic (exact) mass is 284 g/mol. The van der Waals surface area contributed by atoms with E-state index in [1.54, 1.807) is 12.4 Å². The number of hydrogen-bond acceptors (Lipinski definition) is 5. The highest BCUT2D eigenvalue weighted by Gasteiger charge is 2.17. The van der Waals surface area contributed by atoms with Crippen LogP contribution in [0.1, 0.15) is 24.4 Å². The smallest absolute Gasteiger partial charge is 0.146 e. The van der Waals surface area contributed by atoms with Gasteiger partial charge in [-0.15, -0.1) is 0 Å². The molecule has 2 aromatic rings. The highest BCUT2D eigenvalue weighted by atomic mass is 16.3. The van der Waals surface area contributed by atoms with Crippen molar-refractivity contribution in [3.05, 3.63) is 65.1 Å². The van der Waals surface area contributed by atoms with Crippen LogP contribution in [0.4, 0.5) is 0 Å². The van der Waals surface area contributed by atoms with Crippen LogP contribution in [0.5, 0.6) is 0 Å². The Morgan fingerprint density at radius 1 is 1.14 bits per heavy atom. The summed E-state index contributed by atoms with van der Waals surface area (Å²) in [5.74, 6) is 0. The third kappa shape index (κ3) is 4.72. The topological polar surface area (TPSA) is 58.5 Å². The van der Waals surface area contributed by atoms with Crippen molar-refractivity contribution in [2.45, 2.75) is 19.4 Å². The number of hydrogen-bond donors (Lipinski definition) is 0. The molecular formula is C16H20N4O. The van der Waals surface area contributed by atoms with Crippen LogP contribution in [0.3, 0.4) is 0 Å². The van der Waals surface area contributed by atoms with Gasteiger partial charge in [0.15, 0.2) is 0 Å². The minimum Gasteiger partial charge on any atom is -0.301 e. The van der Waals surface area contributed by atoms with E-state index < -0.39 is 6.04 Å². The number of nitroso groups, excluding NO2 is 1. The highest BCUT2D eigenvalue weighted by molar-refractivity contribution is 5.09. The molecule has 0 fully saturated rings. The average Bonchev–Trinajstić information content (AvgIpc) is 2.57. The summed E-state index contributed by atoms with van der Waals surface area (Å²) in [6, 6.07) is 11.1. The molecule has 2 aromatic heterocycles. The standard InChI is InChI=1S/C16H20N4O/c1-2-20(12-9-14-7-3-5-10-17-14)13-16(19-21)15-8-4-6-11-18-15/h3-8,10-11,16H,2,9,12-13H2,1H3. The van der Waals surface area contributed by atoms with E-state index in [9.17, 15) is 4.91 Å². The Labute approximate surface area is 125 Å². The molecule has 110 valence electrons. The van der Waals surface area contributed by atoms with Crippen LogP contribution < -0.4 is 0 Å². The first-order valence-corrected chi connectivity index (χ1v) is 7.19. The van der Waals surface area contributed by atoms with Crippen molar-refractivity contribution < 1.29 is 0 Å². The molecule has 0 radical (unpaired) electrons. The van der Waals surface area contributed by atoms with Gasteiger partial charge in [0, 0.05) is 37.6 Å². The summed E-state index contributed by atoms with van der Waals surface area (Å²) >= 11 is 0. The Hall–Kier alpha value is -2.14. The fraction of sp³-hybridized carbons (Fsp3) is 0.375. The second-order valence-corrected chi connectivity index (χ2v) is 4.84. The lowest BCUT2D eigenvalue weighted by molar-refractivity contribution is 0.271. The zero-order valence-electron chi connectivity index (χ0n) is 12.2. The molecule has 21 heavy (non-hydrogen) atoms. The van der Waals surface area contributed by atoms with Crippen molar-refractivity contribution in [3.63, 3.8) is 0 Å². The Morgan fingerprint density at radius 3 is 2.48 bits per heavy atom. The molecule has 5 heteroatoms. The second-order valence-electron chi connectivity index (χ2n) is 4.84. The van der Waals surface area contributed by atoms with E-state index in [0.717, 1.165) is 30.9 Å². The first kappa shape index (κ1) is 15.3. The quantitative estimate of drug-likeness (QED) is 0.699. The van der Waals surface area contributed by atoms with Crippen molar-refractivity contribution in [3.8, 4) is 0 Å². The zero-order chi connectivity index (χ0) is 14.9. The maximum absolute atomic E-state index is 11.1. The highest BCUT2D eigenvalue weighted by Crippen LogP contribution is 2.16. The van der Waals surface area contributed by atoms with Crippen molar-refractivity contribution >= 4 is 0 Å². The van der Waals surface area contributed by atoms with E-state index in [4.69, 9.17) is 0 Å². The molecule has 0 aliphatic heterocycles. The summed E-state index contributed by atoms with van der Waals surface area (Å²) in [7, 11) is 0. The maximum atomic E-state index is 11.1. The van der Waals surface area contributed by atoms with Gasteiger partial charge in [-0.1, -0.05) is 24.2 Å². The van der Waals surface area contributed by atoms with Gasteiger partial charge in [-0.05, 0) is 30.8 Å². The summed E-state index contributed by atoms with van der Waals surface area (Å²) in [6.45, 7) is 4.39. The van der Waals surface area contributed by atoms with Crippen molar-refractivity contribution in [2.24, 2.45) is 5.18 Å². The van der Waals surface area contributed by atoms with Gasteiger partial charge in [0.25, 0.3) is 0 Å². The first-order chi connectivity index (χ1) is 10.3. The molecule has 0 saturated heterocycles. The Kier molecular flexibility index (Phi) is 5.97. The SMILES string of the molecule is CCN(CCc1ccccn1)CC(N=O)c1ccccn1. The second kappa shape index (κ2) is 8.21. The predicted molar refractivity (Wildman–Crippen MR) is 82.8 cm³/mol. The molecule has 0 amide bonds. The molecule has 0 N–H and O–H groups in total. The van der Waals surface area contributed by atoms with Gasteiger partial charge < -0.3 is 4.90 Å². The molecule has 0 aliphatic rings. The van der Waals surface area contributed by atoms with Gasteiger partial charge in [-0.3, -0.25) is 9.97 Å². The van der Waals surface area contributed by atoms with Crippen LogP contribution in [0.2, 0.25) is 0 Å². The van der Waals surface area contributed by atoms with Gasteiger partial charge in [0.2, 0.25) is 0 Å². The Bertz CT molecular complexity index is 532. The van der Waals surface area contributed by atoms with Crippen LogP contribution in [0, 0.1) is 4.91 Å². The number of likely N-dealkylation sites (N-methyl/N-ethyl adjacent to an activating group) is 1. The van der Waals surface area contributed by atoms with Crippen molar-refractivity contribution in [2.75, 3.05) is 19.6 Å². The summed E-state index contributed by atoms with van der Waals surface area (Å²) in [6.07, 6.45) is 4.36. The van der Waals surface area contributed by atoms with E-state index in [1.165, 1.54) is 0 Å². The first-order valence-electron chi connectivity index (χ1n) is 7.19. The lowest BCUT2D eigenvalue weighted by Gasteiger charge is -2.22. The van der Waals surface area contributed by atoms with Crippen molar-refractivity contribution in [1.82, 2.24) is 14.9 Å². The van der Waals surface area contributed by atoms with Gasteiger partial charge >= 0.3 is 0 Å². The fourth-order valence-corrected chi connectivity index (χ4v) is 2.20. The van der Waals surface area contributed by atoms with Crippen molar-refractivity contribution in [1.29, 1.82) is 0 Å².